The van der Waals surface area contributed by atoms with Crippen LogP contribution in [0.2, 0.25) is 0 Å². The van der Waals surface area contributed by atoms with E-state index in [1.165, 1.54) is 37.0 Å². The van der Waals surface area contributed by atoms with Gasteiger partial charge in [0.15, 0.2) is 0 Å². The van der Waals surface area contributed by atoms with Crippen LogP contribution in [0.3, 0.4) is 0 Å². The molecule has 0 N–H and O–H groups in total. The molecule has 0 radical (unpaired) electrons. The molecule has 0 aromatic heterocycles. The second-order valence-electron chi connectivity index (χ2n) is 10.3. The van der Waals surface area contributed by atoms with Gasteiger partial charge >= 0.3 is 183 Å². The molecular formula is C24H36O4Se. The van der Waals surface area contributed by atoms with Crippen molar-refractivity contribution >= 4 is 31.4 Å². The van der Waals surface area contributed by atoms with Gasteiger partial charge in [-0.15, -0.1) is 0 Å². The minimum absolute atomic E-state index is 0.00142. The Labute approximate surface area is 182 Å². The van der Waals surface area contributed by atoms with E-state index < -0.39 is 26.9 Å². The number of ether oxygens (including phenoxy) is 2. The Morgan fingerprint density at radius 3 is 1.55 bits per heavy atom. The van der Waals surface area contributed by atoms with Crippen LogP contribution in [-0.4, -0.2) is 41.1 Å². The van der Waals surface area contributed by atoms with Crippen LogP contribution in [0.25, 0.3) is 0 Å². The first-order valence-corrected chi connectivity index (χ1v) is 11.5. The molecule has 0 spiro atoms. The van der Waals surface area contributed by atoms with Gasteiger partial charge in [-0.1, -0.05) is 0 Å². The third kappa shape index (κ3) is 6.72. The van der Waals surface area contributed by atoms with E-state index in [-0.39, 0.29) is 16.2 Å². The van der Waals surface area contributed by atoms with Crippen molar-refractivity contribution in [1.82, 2.24) is 0 Å². The number of rotatable bonds is 4. The van der Waals surface area contributed by atoms with Gasteiger partial charge in [0.1, 0.15) is 0 Å². The van der Waals surface area contributed by atoms with Crippen molar-refractivity contribution in [3.8, 4) is 0 Å². The molecule has 162 valence electrons. The molecule has 0 unspecified atom stereocenters. The summed E-state index contributed by atoms with van der Waals surface area (Å²) in [5.74, 6) is -1.04. The molecule has 0 atom stereocenters. The summed E-state index contributed by atoms with van der Waals surface area (Å²) in [6, 6.07) is 4.53. The summed E-state index contributed by atoms with van der Waals surface area (Å²) in [5, 5.41) is 0. The van der Waals surface area contributed by atoms with Gasteiger partial charge in [-0.3, -0.25) is 0 Å². The molecule has 0 heterocycles. The van der Waals surface area contributed by atoms with Crippen LogP contribution in [-0.2, 0) is 35.3 Å². The summed E-state index contributed by atoms with van der Waals surface area (Å²) >= 11 is -0.414. The van der Waals surface area contributed by atoms with E-state index in [1.807, 2.05) is 0 Å². The molecule has 4 nitrogen and oxygen atoms in total. The standard InChI is InChI=1S/C24H36O4Se/c1-22(2,3)15-12-16(23(4,5)6)20(17(13-15)24(7,8)9)29-18(21(26)28-11)14-19(25)27-10/h12-14H,1-11H3/b18-14+. The molecule has 0 amide bonds. The Kier molecular flexibility index (Phi) is 7.95. The third-order valence-corrected chi connectivity index (χ3v) is 7.03. The molecular weight excluding hydrogens is 431 g/mol. The molecule has 5 heteroatoms. The van der Waals surface area contributed by atoms with Crippen molar-refractivity contribution in [1.29, 1.82) is 0 Å². The zero-order valence-electron chi connectivity index (χ0n) is 19.8. The fraction of sp³-hybridized carbons (Fsp3) is 0.583. The van der Waals surface area contributed by atoms with Crippen LogP contribution in [0.15, 0.2) is 22.7 Å². The van der Waals surface area contributed by atoms with Gasteiger partial charge < -0.3 is 0 Å². The normalized spacial score (nSPS) is 13.3. The fourth-order valence-electron chi connectivity index (χ4n) is 2.79. The summed E-state index contributed by atoms with van der Waals surface area (Å²) in [5.41, 5.74) is 3.43. The van der Waals surface area contributed by atoms with Gasteiger partial charge in [0, 0.05) is 0 Å². The number of methoxy groups -OCH3 is 2. The van der Waals surface area contributed by atoms with Crippen LogP contribution < -0.4 is 4.46 Å². The number of esters is 2. The molecule has 0 fully saturated rings. The topological polar surface area (TPSA) is 52.6 Å². The summed E-state index contributed by atoms with van der Waals surface area (Å²) < 4.78 is 11.2. The number of carbonyl (C=O) groups excluding carboxylic acids is 2. The average Bonchev–Trinajstić information content (AvgIpc) is 2.57. The van der Waals surface area contributed by atoms with E-state index in [2.05, 4.69) is 74.4 Å². The maximum absolute atomic E-state index is 12.4. The fourth-order valence-corrected chi connectivity index (χ4v) is 5.92. The van der Waals surface area contributed by atoms with Gasteiger partial charge in [-0.2, -0.15) is 0 Å². The van der Waals surface area contributed by atoms with E-state index in [0.29, 0.717) is 4.47 Å². The maximum atomic E-state index is 12.4. The molecule has 1 rings (SSSR count). The van der Waals surface area contributed by atoms with Gasteiger partial charge in [0.05, 0.1) is 0 Å². The SMILES string of the molecule is COC(=O)/C=C(/[Se]c1c(C(C)(C)C)cc(C(C)(C)C)cc1C(C)(C)C)C(=O)OC. The molecule has 0 aliphatic carbocycles. The number of hydrogen-bond donors (Lipinski definition) is 0. The van der Waals surface area contributed by atoms with Crippen molar-refractivity contribution in [3.05, 3.63) is 39.4 Å². The first kappa shape index (κ1) is 25.5. The van der Waals surface area contributed by atoms with Crippen molar-refractivity contribution < 1.29 is 19.1 Å². The Morgan fingerprint density at radius 2 is 1.24 bits per heavy atom. The minimum atomic E-state index is -0.548. The van der Waals surface area contributed by atoms with E-state index in [9.17, 15) is 9.59 Å². The Hall–Kier alpha value is -1.58. The van der Waals surface area contributed by atoms with Crippen LogP contribution in [0.4, 0.5) is 0 Å². The van der Waals surface area contributed by atoms with E-state index in [1.54, 1.807) is 0 Å². The van der Waals surface area contributed by atoms with Crippen molar-refractivity contribution in [2.75, 3.05) is 14.2 Å². The van der Waals surface area contributed by atoms with E-state index >= 15 is 0 Å². The van der Waals surface area contributed by atoms with Gasteiger partial charge in [0.25, 0.3) is 0 Å². The zero-order valence-corrected chi connectivity index (χ0v) is 21.5. The molecule has 1 aromatic rings. The number of hydrogen-bond acceptors (Lipinski definition) is 4. The first-order valence-electron chi connectivity index (χ1n) is 9.77. The average molecular weight is 468 g/mol. The third-order valence-electron chi connectivity index (χ3n) is 4.62. The van der Waals surface area contributed by atoms with Gasteiger partial charge in [-0.05, 0) is 0 Å². The molecule has 29 heavy (non-hydrogen) atoms. The van der Waals surface area contributed by atoms with Crippen molar-refractivity contribution in [3.63, 3.8) is 0 Å². The molecule has 0 saturated heterocycles. The first-order chi connectivity index (χ1) is 13.0. The number of carbonyl (C=O) groups is 2. The number of benzene rings is 1. The Balaban J connectivity index is 3.88. The second-order valence-corrected chi connectivity index (χ2v) is 12.5. The van der Waals surface area contributed by atoms with Gasteiger partial charge in [0.2, 0.25) is 0 Å². The van der Waals surface area contributed by atoms with E-state index in [0.717, 1.165) is 4.46 Å². The second kappa shape index (κ2) is 9.05. The Bertz CT molecular complexity index is 765. The van der Waals surface area contributed by atoms with E-state index in [4.69, 9.17) is 9.47 Å². The van der Waals surface area contributed by atoms with Crippen LogP contribution >= 0.6 is 0 Å². The van der Waals surface area contributed by atoms with Crippen LogP contribution in [0.5, 0.6) is 0 Å². The van der Waals surface area contributed by atoms with Crippen LogP contribution in [0, 0.1) is 0 Å². The monoisotopic (exact) mass is 468 g/mol. The summed E-state index contributed by atoms with van der Waals surface area (Å²) in [6.07, 6.45) is 1.27. The molecule has 0 bridgehead atoms. The molecule has 1 aromatic carbocycles. The molecule has 0 saturated carbocycles. The summed E-state index contributed by atoms with van der Waals surface area (Å²) in [7, 11) is 2.64. The quantitative estimate of drug-likeness (QED) is 0.380. The van der Waals surface area contributed by atoms with Crippen molar-refractivity contribution in [2.45, 2.75) is 78.6 Å². The summed E-state index contributed by atoms with van der Waals surface area (Å²) in [4.78, 5) is 24.3. The predicted molar refractivity (Wildman–Crippen MR) is 120 cm³/mol. The predicted octanol–water partition coefficient (Wildman–Crippen LogP) is 4.14. The zero-order chi connectivity index (χ0) is 22.8. The van der Waals surface area contributed by atoms with Crippen molar-refractivity contribution in [2.24, 2.45) is 0 Å². The molecule has 0 aliphatic rings. The Morgan fingerprint density at radius 1 is 0.793 bits per heavy atom. The van der Waals surface area contributed by atoms with Crippen LogP contribution in [0.1, 0.15) is 79.0 Å². The van der Waals surface area contributed by atoms with Gasteiger partial charge in [-0.25, -0.2) is 0 Å². The summed E-state index contributed by atoms with van der Waals surface area (Å²) in [6.45, 7) is 19.7. The molecule has 0 aliphatic heterocycles.